The second-order valence-corrected chi connectivity index (χ2v) is 9.19. The Balaban J connectivity index is 1.95. The van der Waals surface area contributed by atoms with Crippen LogP contribution in [-0.4, -0.2) is 61.3 Å². The number of rotatable bonds is 6. The van der Waals surface area contributed by atoms with Gasteiger partial charge in [-0.05, 0) is 55.8 Å². The predicted octanol–water partition coefficient (Wildman–Crippen LogP) is 3.42. The van der Waals surface area contributed by atoms with Crippen molar-refractivity contribution in [3.63, 3.8) is 0 Å². The van der Waals surface area contributed by atoms with Crippen LogP contribution in [0.2, 0.25) is 5.02 Å². The summed E-state index contributed by atoms with van der Waals surface area (Å²) in [5, 5.41) is 6.41. The zero-order valence-corrected chi connectivity index (χ0v) is 21.6. The van der Waals surface area contributed by atoms with Gasteiger partial charge in [0.15, 0.2) is 0 Å². The molecule has 0 radical (unpaired) electrons. The molecule has 1 atom stereocenters. The van der Waals surface area contributed by atoms with Crippen molar-refractivity contribution in [1.29, 1.82) is 0 Å². The normalized spacial score (nSPS) is 16.9. The van der Waals surface area contributed by atoms with E-state index in [2.05, 4.69) is 25.8 Å². The number of hydrazone groups is 1. The first kappa shape index (κ1) is 26.4. The molecule has 184 valence electrons. The van der Waals surface area contributed by atoms with Gasteiger partial charge in [-0.25, -0.2) is 9.69 Å². The van der Waals surface area contributed by atoms with Gasteiger partial charge < -0.3 is 9.47 Å². The van der Waals surface area contributed by atoms with E-state index in [1.807, 2.05) is 0 Å². The minimum Gasteiger partial charge on any atom is -0.465 e. The molecule has 0 saturated heterocycles. The van der Waals surface area contributed by atoms with Crippen LogP contribution in [0.3, 0.4) is 0 Å². The van der Waals surface area contributed by atoms with Gasteiger partial charge in [0, 0.05) is 9.50 Å². The lowest BCUT2D eigenvalue weighted by atomic mass is 9.82. The van der Waals surface area contributed by atoms with Gasteiger partial charge in [-0.2, -0.15) is 5.10 Å². The third kappa shape index (κ3) is 5.71. The average Bonchev–Trinajstić information content (AvgIpc) is 3.17. The van der Waals surface area contributed by atoms with Crippen molar-refractivity contribution >= 4 is 62.7 Å². The zero-order valence-electron chi connectivity index (χ0n) is 19.3. The number of imide groups is 1. The number of methoxy groups -OCH3 is 1. The monoisotopic (exact) mass is 563 g/mol. The SMILES string of the molecule is CCOC(=O)C1(C)CN(CC(=O)N(C(=O)C(=O)OC)c2ccc(Br)cc2)N=C1c1ccc(Cl)cc1. The molecule has 0 fully saturated rings. The highest BCUT2D eigenvalue weighted by molar-refractivity contribution is 9.10. The lowest BCUT2D eigenvalue weighted by Gasteiger charge is -2.25. The van der Waals surface area contributed by atoms with Crippen LogP contribution in [0.5, 0.6) is 0 Å². The predicted molar refractivity (Wildman–Crippen MR) is 133 cm³/mol. The third-order valence-corrected chi connectivity index (χ3v) is 6.10. The summed E-state index contributed by atoms with van der Waals surface area (Å²) in [6, 6.07) is 13.1. The number of hydrogen-bond donors (Lipinski definition) is 0. The number of halogens is 2. The minimum absolute atomic E-state index is 0.0239. The van der Waals surface area contributed by atoms with Crippen molar-refractivity contribution in [3.8, 4) is 0 Å². The number of carbonyl (C=O) groups excluding carboxylic acids is 4. The number of anilines is 1. The quantitative estimate of drug-likeness (QED) is 0.391. The van der Waals surface area contributed by atoms with E-state index in [0.717, 1.165) is 16.5 Å². The Hall–Kier alpha value is -3.24. The smallest absolute Gasteiger partial charge is 0.397 e. The summed E-state index contributed by atoms with van der Waals surface area (Å²) >= 11 is 9.30. The molecule has 0 spiro atoms. The van der Waals surface area contributed by atoms with Gasteiger partial charge in [-0.15, -0.1) is 0 Å². The molecule has 11 heteroatoms. The van der Waals surface area contributed by atoms with Crippen LogP contribution in [0.25, 0.3) is 0 Å². The summed E-state index contributed by atoms with van der Waals surface area (Å²) in [5.74, 6) is -3.56. The number of amides is 2. The van der Waals surface area contributed by atoms with E-state index < -0.39 is 29.2 Å². The number of hydrogen-bond acceptors (Lipinski definition) is 8. The van der Waals surface area contributed by atoms with Crippen LogP contribution in [0, 0.1) is 5.41 Å². The Labute approximate surface area is 215 Å². The summed E-state index contributed by atoms with van der Waals surface area (Å²) in [7, 11) is 1.05. The zero-order chi connectivity index (χ0) is 25.8. The van der Waals surface area contributed by atoms with Gasteiger partial charge in [0.25, 0.3) is 5.91 Å². The van der Waals surface area contributed by atoms with Crippen molar-refractivity contribution in [1.82, 2.24) is 5.01 Å². The Kier molecular flexibility index (Phi) is 8.29. The Morgan fingerprint density at radius 2 is 1.74 bits per heavy atom. The van der Waals surface area contributed by atoms with Crippen molar-refractivity contribution in [2.75, 3.05) is 31.7 Å². The molecule has 1 heterocycles. The van der Waals surface area contributed by atoms with Crippen LogP contribution in [0.15, 0.2) is 58.1 Å². The molecule has 35 heavy (non-hydrogen) atoms. The van der Waals surface area contributed by atoms with Gasteiger partial charge in [0.1, 0.15) is 12.0 Å². The highest BCUT2D eigenvalue weighted by Crippen LogP contribution is 2.33. The van der Waals surface area contributed by atoms with E-state index in [-0.39, 0.29) is 25.4 Å². The average molecular weight is 565 g/mol. The van der Waals surface area contributed by atoms with Crippen molar-refractivity contribution in [2.45, 2.75) is 13.8 Å². The van der Waals surface area contributed by atoms with Crippen molar-refractivity contribution in [3.05, 3.63) is 63.6 Å². The van der Waals surface area contributed by atoms with E-state index >= 15 is 0 Å². The number of esters is 2. The fourth-order valence-electron chi connectivity index (χ4n) is 3.62. The molecule has 3 rings (SSSR count). The topological polar surface area (TPSA) is 106 Å². The molecular formula is C24H23BrClN3O6. The lowest BCUT2D eigenvalue weighted by molar-refractivity contribution is -0.152. The van der Waals surface area contributed by atoms with Crippen molar-refractivity contribution in [2.24, 2.45) is 10.5 Å². The van der Waals surface area contributed by atoms with Gasteiger partial charge in [-0.1, -0.05) is 39.7 Å². The second-order valence-electron chi connectivity index (χ2n) is 7.83. The molecule has 0 saturated carbocycles. The largest absolute Gasteiger partial charge is 0.465 e. The second kappa shape index (κ2) is 11.0. The fourth-order valence-corrected chi connectivity index (χ4v) is 4.01. The van der Waals surface area contributed by atoms with Crippen LogP contribution < -0.4 is 4.90 Å². The molecule has 1 unspecified atom stereocenters. The van der Waals surface area contributed by atoms with Gasteiger partial charge >= 0.3 is 17.8 Å². The van der Waals surface area contributed by atoms with Crippen LogP contribution in [0.4, 0.5) is 5.69 Å². The standard InChI is InChI=1S/C24H23BrClN3O6/c1-4-35-23(33)24(2)14-28(27-20(24)15-5-9-17(26)10-6-15)13-19(30)29(21(31)22(32)34-3)18-11-7-16(25)8-12-18/h5-12H,4,13-14H2,1-3H3. The number of benzene rings is 2. The summed E-state index contributed by atoms with van der Waals surface area (Å²) in [5.41, 5.74) is 0.0342. The maximum Gasteiger partial charge on any atom is 0.397 e. The van der Waals surface area contributed by atoms with E-state index in [1.165, 1.54) is 17.1 Å². The summed E-state index contributed by atoms with van der Waals surface area (Å²) in [4.78, 5) is 51.6. The van der Waals surface area contributed by atoms with Crippen LogP contribution in [-0.2, 0) is 28.7 Å². The van der Waals surface area contributed by atoms with Gasteiger partial charge in [0.2, 0.25) is 0 Å². The highest BCUT2D eigenvalue weighted by Gasteiger charge is 2.47. The van der Waals surface area contributed by atoms with Gasteiger partial charge in [-0.3, -0.25) is 19.4 Å². The molecule has 0 aliphatic carbocycles. The number of ether oxygens (including phenoxy) is 2. The van der Waals surface area contributed by atoms with Crippen molar-refractivity contribution < 1.29 is 28.7 Å². The van der Waals surface area contributed by atoms with Gasteiger partial charge in [0.05, 0.1) is 31.7 Å². The summed E-state index contributed by atoms with van der Waals surface area (Å²) < 4.78 is 10.5. The molecule has 0 aromatic heterocycles. The summed E-state index contributed by atoms with van der Waals surface area (Å²) in [6.45, 7) is 3.19. The van der Waals surface area contributed by atoms with Crippen LogP contribution >= 0.6 is 27.5 Å². The molecule has 0 N–H and O–H groups in total. The number of nitrogens with zero attached hydrogens (tertiary/aromatic N) is 3. The highest BCUT2D eigenvalue weighted by atomic mass is 79.9. The van der Waals surface area contributed by atoms with Crippen LogP contribution in [0.1, 0.15) is 19.4 Å². The fraction of sp³-hybridized carbons (Fsp3) is 0.292. The van der Waals surface area contributed by atoms with E-state index in [1.54, 1.807) is 50.2 Å². The molecular weight excluding hydrogens is 542 g/mol. The first-order valence-corrected chi connectivity index (χ1v) is 11.8. The Morgan fingerprint density at radius 1 is 1.11 bits per heavy atom. The summed E-state index contributed by atoms with van der Waals surface area (Å²) in [6.07, 6.45) is 0. The lowest BCUT2D eigenvalue weighted by Crippen LogP contribution is -2.47. The van der Waals surface area contributed by atoms with E-state index in [4.69, 9.17) is 16.3 Å². The maximum atomic E-state index is 13.3. The van der Waals surface area contributed by atoms with E-state index in [9.17, 15) is 19.2 Å². The first-order valence-electron chi connectivity index (χ1n) is 10.6. The molecule has 2 amide bonds. The molecule has 2 aromatic carbocycles. The van der Waals surface area contributed by atoms with E-state index in [0.29, 0.717) is 16.3 Å². The Morgan fingerprint density at radius 3 is 2.31 bits per heavy atom. The Bertz CT molecular complexity index is 1170. The number of carbonyl (C=O) groups is 4. The molecule has 9 nitrogen and oxygen atoms in total. The minimum atomic E-state index is -1.19. The third-order valence-electron chi connectivity index (χ3n) is 5.32. The maximum absolute atomic E-state index is 13.3. The molecule has 1 aliphatic heterocycles. The molecule has 1 aliphatic rings. The first-order chi connectivity index (χ1) is 16.6. The molecule has 0 bridgehead atoms. The molecule has 2 aromatic rings.